The number of ether oxygens (including phenoxy) is 1. The number of para-hydroxylation sites is 1. The van der Waals surface area contributed by atoms with Crippen LogP contribution in [0.2, 0.25) is 5.02 Å². The van der Waals surface area contributed by atoms with Crippen LogP contribution in [0.1, 0.15) is 16.7 Å². The molecule has 0 fully saturated rings. The van der Waals surface area contributed by atoms with Crippen molar-refractivity contribution in [3.63, 3.8) is 0 Å². The molecule has 0 saturated heterocycles. The van der Waals surface area contributed by atoms with Gasteiger partial charge >= 0.3 is 5.63 Å². The Hall–Kier alpha value is -3.24. The maximum atomic E-state index is 12.7. The molecule has 146 valence electrons. The summed E-state index contributed by atoms with van der Waals surface area (Å²) in [5.74, 6) is 0.700. The summed E-state index contributed by atoms with van der Waals surface area (Å²) in [5, 5.41) is 1.38. The second-order valence-electron chi connectivity index (χ2n) is 6.94. The van der Waals surface area contributed by atoms with Gasteiger partial charge in [0.1, 0.15) is 11.3 Å². The van der Waals surface area contributed by atoms with Gasteiger partial charge in [0.15, 0.2) is 0 Å². The monoisotopic (exact) mass is 405 g/mol. The first kappa shape index (κ1) is 19.1. The van der Waals surface area contributed by atoms with E-state index in [1.54, 1.807) is 13.2 Å². The highest BCUT2D eigenvalue weighted by atomic mass is 35.5. The van der Waals surface area contributed by atoms with Crippen molar-refractivity contribution in [3.8, 4) is 16.9 Å². The van der Waals surface area contributed by atoms with Crippen LogP contribution < -0.4 is 16.1 Å². The molecule has 3 aromatic carbocycles. The average Bonchev–Trinajstić information content (AvgIpc) is 2.71. The summed E-state index contributed by atoms with van der Waals surface area (Å²) in [5.41, 5.74) is 10.7. The fourth-order valence-corrected chi connectivity index (χ4v) is 3.86. The molecule has 0 amide bonds. The predicted molar refractivity (Wildman–Crippen MR) is 118 cm³/mol. The number of benzene rings is 3. The Morgan fingerprint density at radius 2 is 1.83 bits per heavy atom. The maximum Gasteiger partial charge on any atom is 0.340 e. The molecule has 4 rings (SSSR count). The van der Waals surface area contributed by atoms with Crippen molar-refractivity contribution < 1.29 is 9.15 Å². The number of hydrogen-bond acceptors (Lipinski definition) is 4. The van der Waals surface area contributed by atoms with Gasteiger partial charge in [0, 0.05) is 39.2 Å². The molecule has 0 radical (unpaired) electrons. The normalized spacial score (nSPS) is 11.0. The van der Waals surface area contributed by atoms with E-state index in [9.17, 15) is 4.79 Å². The number of nitrogens with two attached hydrogens (primary N) is 1. The fourth-order valence-electron chi connectivity index (χ4n) is 3.59. The van der Waals surface area contributed by atoms with Gasteiger partial charge in [0.05, 0.1) is 7.11 Å². The quantitative estimate of drug-likeness (QED) is 0.354. The summed E-state index contributed by atoms with van der Waals surface area (Å²) >= 11 is 6.62. The molecule has 2 N–H and O–H groups in total. The fraction of sp³-hybridized carbons (Fsp3) is 0.125. The summed E-state index contributed by atoms with van der Waals surface area (Å²) in [4.78, 5) is 12.7. The average molecular weight is 406 g/mol. The molecule has 4 nitrogen and oxygen atoms in total. The van der Waals surface area contributed by atoms with Crippen molar-refractivity contribution in [3.05, 3.63) is 92.8 Å². The Morgan fingerprint density at radius 3 is 2.59 bits per heavy atom. The standard InChI is InChI=1S/C24H20ClNO3/c1-14-18-12-21(25)20(17-8-3-4-9-22(17)28-2)13-23(18)29-24(27)19(14)11-15-6-5-7-16(26)10-15/h3-10,12-13H,11,26H2,1-2H3. The van der Waals surface area contributed by atoms with Gasteiger partial charge in [-0.25, -0.2) is 4.79 Å². The van der Waals surface area contributed by atoms with E-state index < -0.39 is 0 Å². The first-order valence-electron chi connectivity index (χ1n) is 9.21. The molecule has 0 bridgehead atoms. The van der Waals surface area contributed by atoms with Crippen molar-refractivity contribution in [1.82, 2.24) is 0 Å². The first-order valence-corrected chi connectivity index (χ1v) is 9.59. The van der Waals surface area contributed by atoms with Gasteiger partial charge < -0.3 is 14.9 Å². The molecule has 0 unspecified atom stereocenters. The second-order valence-corrected chi connectivity index (χ2v) is 7.35. The van der Waals surface area contributed by atoms with Crippen molar-refractivity contribution in [2.24, 2.45) is 0 Å². The third kappa shape index (κ3) is 3.59. The summed E-state index contributed by atoms with van der Waals surface area (Å²) < 4.78 is 11.1. The Morgan fingerprint density at radius 1 is 1.03 bits per heavy atom. The summed E-state index contributed by atoms with van der Waals surface area (Å²) in [6.45, 7) is 1.92. The van der Waals surface area contributed by atoms with E-state index in [0.717, 1.165) is 27.6 Å². The number of halogens is 1. The van der Waals surface area contributed by atoms with Gasteiger partial charge in [-0.3, -0.25) is 0 Å². The number of methoxy groups -OCH3 is 1. The van der Waals surface area contributed by atoms with Crippen LogP contribution in [0.25, 0.3) is 22.1 Å². The topological polar surface area (TPSA) is 65.5 Å². The molecule has 1 aromatic heterocycles. The zero-order chi connectivity index (χ0) is 20.5. The van der Waals surface area contributed by atoms with Crippen LogP contribution in [0.4, 0.5) is 5.69 Å². The molecule has 0 saturated carbocycles. The minimum absolute atomic E-state index is 0.356. The highest BCUT2D eigenvalue weighted by molar-refractivity contribution is 6.34. The molecular weight excluding hydrogens is 386 g/mol. The van der Waals surface area contributed by atoms with Crippen LogP contribution in [-0.2, 0) is 6.42 Å². The minimum Gasteiger partial charge on any atom is -0.496 e. The lowest BCUT2D eigenvalue weighted by Gasteiger charge is -2.13. The molecule has 0 aliphatic rings. The van der Waals surface area contributed by atoms with Crippen molar-refractivity contribution in [1.29, 1.82) is 0 Å². The molecule has 5 heteroatoms. The maximum absolute atomic E-state index is 12.7. The SMILES string of the molecule is COc1ccccc1-c1cc2oc(=O)c(Cc3cccc(N)c3)c(C)c2cc1Cl. The Labute approximate surface area is 173 Å². The lowest BCUT2D eigenvalue weighted by atomic mass is 9.97. The van der Waals surface area contributed by atoms with Gasteiger partial charge in [-0.15, -0.1) is 0 Å². The lowest BCUT2D eigenvalue weighted by molar-refractivity contribution is 0.416. The van der Waals surface area contributed by atoms with Crippen molar-refractivity contribution >= 4 is 28.3 Å². The molecule has 29 heavy (non-hydrogen) atoms. The molecular formula is C24H20ClNO3. The molecule has 0 spiro atoms. The van der Waals surface area contributed by atoms with Crippen LogP contribution in [0, 0.1) is 6.92 Å². The highest BCUT2D eigenvalue weighted by Crippen LogP contribution is 2.38. The van der Waals surface area contributed by atoms with Gasteiger partial charge in [-0.2, -0.15) is 0 Å². The summed E-state index contributed by atoms with van der Waals surface area (Å²) in [6, 6.07) is 18.7. The number of anilines is 1. The molecule has 1 heterocycles. The van der Waals surface area contributed by atoms with E-state index in [-0.39, 0.29) is 5.63 Å². The predicted octanol–water partition coefficient (Wildman–Crippen LogP) is 5.60. The van der Waals surface area contributed by atoms with Gasteiger partial charge in [0.2, 0.25) is 0 Å². The van der Waals surface area contributed by atoms with E-state index in [1.165, 1.54) is 0 Å². The van der Waals surface area contributed by atoms with Crippen LogP contribution in [0.15, 0.2) is 69.9 Å². The van der Waals surface area contributed by atoms with Crippen molar-refractivity contribution in [2.75, 3.05) is 12.8 Å². The van der Waals surface area contributed by atoms with Crippen LogP contribution >= 0.6 is 11.6 Å². The molecule has 0 aliphatic carbocycles. The molecule has 0 aliphatic heterocycles. The van der Waals surface area contributed by atoms with Gasteiger partial charge in [0.25, 0.3) is 0 Å². The molecule has 0 atom stereocenters. The van der Waals surface area contributed by atoms with Crippen LogP contribution in [-0.4, -0.2) is 7.11 Å². The van der Waals surface area contributed by atoms with E-state index in [0.29, 0.717) is 34.0 Å². The number of fused-ring (bicyclic) bond motifs is 1. The number of hydrogen-bond donors (Lipinski definition) is 1. The number of nitrogen functional groups attached to an aromatic ring is 1. The smallest absolute Gasteiger partial charge is 0.340 e. The van der Waals surface area contributed by atoms with E-state index in [2.05, 4.69) is 0 Å². The summed E-state index contributed by atoms with van der Waals surface area (Å²) in [6.07, 6.45) is 0.445. The summed E-state index contributed by atoms with van der Waals surface area (Å²) in [7, 11) is 1.61. The number of rotatable bonds is 4. The van der Waals surface area contributed by atoms with E-state index >= 15 is 0 Å². The Balaban J connectivity index is 1.87. The van der Waals surface area contributed by atoms with Gasteiger partial charge in [-0.05, 0) is 48.4 Å². The Kier molecular flexibility index (Phi) is 5.03. The minimum atomic E-state index is -0.356. The molecule has 4 aromatic rings. The third-order valence-corrected chi connectivity index (χ3v) is 5.42. The third-order valence-electron chi connectivity index (χ3n) is 5.10. The second kappa shape index (κ2) is 7.64. The zero-order valence-electron chi connectivity index (χ0n) is 16.2. The first-order chi connectivity index (χ1) is 14.0. The van der Waals surface area contributed by atoms with E-state index in [4.69, 9.17) is 26.5 Å². The largest absolute Gasteiger partial charge is 0.496 e. The zero-order valence-corrected chi connectivity index (χ0v) is 16.9. The van der Waals surface area contributed by atoms with E-state index in [1.807, 2.05) is 61.5 Å². The van der Waals surface area contributed by atoms with Crippen LogP contribution in [0.3, 0.4) is 0 Å². The highest BCUT2D eigenvalue weighted by Gasteiger charge is 2.16. The van der Waals surface area contributed by atoms with Crippen molar-refractivity contribution in [2.45, 2.75) is 13.3 Å². The van der Waals surface area contributed by atoms with Gasteiger partial charge in [-0.1, -0.05) is 41.9 Å². The number of aryl methyl sites for hydroxylation is 1. The van der Waals surface area contributed by atoms with Crippen LogP contribution in [0.5, 0.6) is 5.75 Å². The lowest BCUT2D eigenvalue weighted by Crippen LogP contribution is -2.11. The Bertz CT molecular complexity index is 1280.